The minimum atomic E-state index is -0.0852. The summed E-state index contributed by atoms with van der Waals surface area (Å²) >= 11 is 0. The highest BCUT2D eigenvalue weighted by molar-refractivity contribution is 5.81. The van der Waals surface area contributed by atoms with Gasteiger partial charge in [-0.3, -0.25) is 4.79 Å². The van der Waals surface area contributed by atoms with Crippen LogP contribution in [0.15, 0.2) is 24.3 Å². The van der Waals surface area contributed by atoms with Gasteiger partial charge in [-0.05, 0) is 31.0 Å². The molecule has 88 valence electrons. The highest BCUT2D eigenvalue weighted by atomic mass is 16.1. The smallest absolute Gasteiger partial charge is 0.147 e. The summed E-state index contributed by atoms with van der Waals surface area (Å²) in [5.74, 6) is 0.181. The Balaban J connectivity index is 2.72. The predicted octanol–water partition coefficient (Wildman–Crippen LogP) is 1.25. The molecule has 0 radical (unpaired) electrons. The molecule has 3 nitrogen and oxygen atoms in total. The summed E-state index contributed by atoms with van der Waals surface area (Å²) in [6.45, 7) is 4.98. The van der Waals surface area contributed by atoms with Crippen LogP contribution in [0.3, 0.4) is 0 Å². The maximum absolute atomic E-state index is 11.4. The lowest BCUT2D eigenvalue weighted by Crippen LogP contribution is -2.37. The van der Waals surface area contributed by atoms with Crippen molar-refractivity contribution in [2.24, 2.45) is 5.73 Å². The highest BCUT2D eigenvalue weighted by Gasteiger charge is 2.13. The summed E-state index contributed by atoms with van der Waals surface area (Å²) in [6.07, 6.45) is 0.733. The van der Waals surface area contributed by atoms with Crippen molar-refractivity contribution in [2.75, 3.05) is 6.54 Å². The fraction of sp³-hybridized carbons (Fsp3) is 0.462. The lowest BCUT2D eigenvalue weighted by atomic mass is 10.0. The van der Waals surface area contributed by atoms with E-state index in [-0.39, 0.29) is 11.8 Å². The number of likely N-dealkylation sites (N-methyl/N-ethyl adjacent to an activating group) is 1. The maximum Gasteiger partial charge on any atom is 0.147 e. The zero-order valence-electron chi connectivity index (χ0n) is 9.99. The van der Waals surface area contributed by atoms with Crippen molar-refractivity contribution >= 4 is 5.78 Å². The van der Waals surface area contributed by atoms with E-state index in [1.165, 1.54) is 0 Å². The van der Waals surface area contributed by atoms with Crippen molar-refractivity contribution in [1.82, 2.24) is 5.32 Å². The molecule has 0 heterocycles. The highest BCUT2D eigenvalue weighted by Crippen LogP contribution is 2.08. The molecule has 1 atom stereocenters. The molecule has 0 saturated heterocycles. The van der Waals surface area contributed by atoms with Gasteiger partial charge < -0.3 is 11.1 Å². The van der Waals surface area contributed by atoms with E-state index < -0.39 is 0 Å². The Morgan fingerprint density at radius 1 is 1.44 bits per heavy atom. The fourth-order valence-electron chi connectivity index (χ4n) is 1.73. The van der Waals surface area contributed by atoms with E-state index in [4.69, 9.17) is 5.73 Å². The minimum absolute atomic E-state index is 0.0852. The number of rotatable bonds is 6. The van der Waals surface area contributed by atoms with Crippen LogP contribution in [0.25, 0.3) is 0 Å². The van der Waals surface area contributed by atoms with Crippen LogP contribution in [0.4, 0.5) is 0 Å². The molecule has 1 unspecified atom stereocenters. The summed E-state index contributed by atoms with van der Waals surface area (Å²) in [5.41, 5.74) is 7.85. The van der Waals surface area contributed by atoms with Gasteiger partial charge in [-0.2, -0.15) is 0 Å². The molecule has 0 fully saturated rings. The first-order chi connectivity index (χ1) is 7.67. The lowest BCUT2D eigenvalue weighted by molar-refractivity contribution is -0.118. The van der Waals surface area contributed by atoms with Gasteiger partial charge in [0.25, 0.3) is 0 Å². The molecule has 1 rings (SSSR count). The third kappa shape index (κ3) is 3.76. The number of nitrogens with two attached hydrogens (primary N) is 1. The molecular formula is C13H20N2O. The molecule has 0 aliphatic rings. The number of hydrogen-bond donors (Lipinski definition) is 2. The molecule has 0 spiro atoms. The number of hydrogen-bond acceptors (Lipinski definition) is 3. The van der Waals surface area contributed by atoms with Crippen LogP contribution >= 0.6 is 0 Å². The van der Waals surface area contributed by atoms with E-state index in [9.17, 15) is 4.79 Å². The zero-order chi connectivity index (χ0) is 12.0. The van der Waals surface area contributed by atoms with Crippen molar-refractivity contribution in [3.8, 4) is 0 Å². The SMILES string of the molecule is CCNC(Cc1cccc(CN)c1)C(C)=O. The number of benzene rings is 1. The Morgan fingerprint density at radius 3 is 2.69 bits per heavy atom. The number of ketones is 1. The average Bonchev–Trinajstić information content (AvgIpc) is 2.28. The standard InChI is InChI=1S/C13H20N2O/c1-3-15-13(10(2)16)8-11-5-4-6-12(7-11)9-14/h4-7,13,15H,3,8-9,14H2,1-2H3. The quantitative estimate of drug-likeness (QED) is 0.758. The second-order valence-electron chi connectivity index (χ2n) is 3.95. The molecule has 3 N–H and O–H groups in total. The van der Waals surface area contributed by atoms with Crippen LogP contribution in [-0.4, -0.2) is 18.4 Å². The van der Waals surface area contributed by atoms with Crippen LogP contribution in [0.1, 0.15) is 25.0 Å². The second-order valence-corrected chi connectivity index (χ2v) is 3.95. The topological polar surface area (TPSA) is 55.1 Å². The van der Waals surface area contributed by atoms with Gasteiger partial charge >= 0.3 is 0 Å². The van der Waals surface area contributed by atoms with Crippen molar-refractivity contribution in [2.45, 2.75) is 32.9 Å². The van der Waals surface area contributed by atoms with Crippen molar-refractivity contribution in [3.05, 3.63) is 35.4 Å². The van der Waals surface area contributed by atoms with Crippen LogP contribution in [-0.2, 0) is 17.8 Å². The second kappa shape index (κ2) is 6.40. The first-order valence-corrected chi connectivity index (χ1v) is 5.69. The van der Waals surface area contributed by atoms with Crippen LogP contribution in [0.5, 0.6) is 0 Å². The molecule has 3 heteroatoms. The van der Waals surface area contributed by atoms with E-state index in [0.29, 0.717) is 6.54 Å². The van der Waals surface area contributed by atoms with Crippen molar-refractivity contribution < 1.29 is 4.79 Å². The summed E-state index contributed by atoms with van der Waals surface area (Å²) < 4.78 is 0. The molecule has 0 aliphatic carbocycles. The molecule has 0 bridgehead atoms. The van der Waals surface area contributed by atoms with Crippen molar-refractivity contribution in [3.63, 3.8) is 0 Å². The van der Waals surface area contributed by atoms with E-state index in [1.807, 2.05) is 25.1 Å². The third-order valence-corrected chi connectivity index (χ3v) is 2.61. The molecule has 0 aliphatic heterocycles. The van der Waals surface area contributed by atoms with Gasteiger partial charge in [-0.25, -0.2) is 0 Å². The number of Topliss-reactive ketones (excluding diaryl/α,β-unsaturated/α-hetero) is 1. The summed E-state index contributed by atoms with van der Waals surface area (Å²) in [6, 6.07) is 8.00. The van der Waals surface area contributed by atoms with Gasteiger partial charge in [0.05, 0.1) is 6.04 Å². The molecule has 1 aromatic rings. The van der Waals surface area contributed by atoms with Gasteiger partial charge in [-0.15, -0.1) is 0 Å². The van der Waals surface area contributed by atoms with E-state index in [0.717, 1.165) is 24.1 Å². The van der Waals surface area contributed by atoms with Gasteiger partial charge in [-0.1, -0.05) is 31.2 Å². The molecule has 0 amide bonds. The van der Waals surface area contributed by atoms with Gasteiger partial charge in [0, 0.05) is 6.54 Å². The lowest BCUT2D eigenvalue weighted by Gasteiger charge is -2.15. The Kier molecular flexibility index (Phi) is 5.15. The fourth-order valence-corrected chi connectivity index (χ4v) is 1.73. The number of carbonyl (C=O) groups excluding carboxylic acids is 1. The van der Waals surface area contributed by atoms with E-state index in [2.05, 4.69) is 11.4 Å². The van der Waals surface area contributed by atoms with Crippen LogP contribution in [0.2, 0.25) is 0 Å². The summed E-state index contributed by atoms with van der Waals surface area (Å²) in [7, 11) is 0. The summed E-state index contributed by atoms with van der Waals surface area (Å²) in [4.78, 5) is 11.4. The van der Waals surface area contributed by atoms with Crippen LogP contribution < -0.4 is 11.1 Å². The Hall–Kier alpha value is -1.19. The monoisotopic (exact) mass is 220 g/mol. The Labute approximate surface area is 97.0 Å². The van der Waals surface area contributed by atoms with Gasteiger partial charge in [0.2, 0.25) is 0 Å². The van der Waals surface area contributed by atoms with Crippen LogP contribution in [0, 0.1) is 0 Å². The first-order valence-electron chi connectivity index (χ1n) is 5.69. The number of nitrogens with one attached hydrogen (secondary N) is 1. The van der Waals surface area contributed by atoms with Crippen molar-refractivity contribution in [1.29, 1.82) is 0 Å². The number of carbonyl (C=O) groups is 1. The summed E-state index contributed by atoms with van der Waals surface area (Å²) in [5, 5.41) is 3.19. The molecule has 1 aromatic carbocycles. The normalized spacial score (nSPS) is 12.4. The average molecular weight is 220 g/mol. The predicted molar refractivity (Wildman–Crippen MR) is 66.2 cm³/mol. The molecule has 0 aromatic heterocycles. The zero-order valence-corrected chi connectivity index (χ0v) is 9.99. The third-order valence-electron chi connectivity index (χ3n) is 2.61. The molecule has 16 heavy (non-hydrogen) atoms. The molecular weight excluding hydrogens is 200 g/mol. The first kappa shape index (κ1) is 12.9. The minimum Gasteiger partial charge on any atom is -0.326 e. The largest absolute Gasteiger partial charge is 0.326 e. The van der Waals surface area contributed by atoms with E-state index >= 15 is 0 Å². The Bertz CT molecular complexity index is 350. The van der Waals surface area contributed by atoms with Gasteiger partial charge in [0.1, 0.15) is 5.78 Å². The van der Waals surface area contributed by atoms with Gasteiger partial charge in [0.15, 0.2) is 0 Å². The Morgan fingerprint density at radius 2 is 2.12 bits per heavy atom. The maximum atomic E-state index is 11.4. The molecule has 0 saturated carbocycles. The van der Waals surface area contributed by atoms with E-state index in [1.54, 1.807) is 6.92 Å².